The predicted molar refractivity (Wildman–Crippen MR) is 78.1 cm³/mol. The average Bonchev–Trinajstić information content (AvgIpc) is 2.82. The quantitative estimate of drug-likeness (QED) is 0.844. The molecule has 1 atom stereocenters. The molecule has 0 bridgehead atoms. The van der Waals surface area contributed by atoms with Gasteiger partial charge in [0, 0.05) is 5.56 Å². The molecule has 0 heterocycles. The maximum atomic E-state index is 11.3. The second-order valence-electron chi connectivity index (χ2n) is 4.28. The molecule has 2 aromatic rings. The first-order valence-electron chi connectivity index (χ1n) is 6.65. The molecule has 0 aromatic heterocycles. The van der Waals surface area contributed by atoms with Crippen molar-refractivity contribution in [1.29, 1.82) is 0 Å². The van der Waals surface area contributed by atoms with Crippen molar-refractivity contribution >= 4 is 12.3 Å². The lowest BCUT2D eigenvalue weighted by atomic mass is 9.97. The van der Waals surface area contributed by atoms with Gasteiger partial charge in [0.2, 0.25) is 0 Å². The van der Waals surface area contributed by atoms with Gasteiger partial charge in [0.1, 0.15) is 6.29 Å². The average molecular weight is 268 g/mol. The molecule has 3 heteroatoms. The Hall–Kier alpha value is -2.42. The highest BCUT2D eigenvalue weighted by molar-refractivity contribution is 6.01. The summed E-state index contributed by atoms with van der Waals surface area (Å²) in [5.74, 6) is -1.32. The number of aromatic carboxylic acids is 1. The molecule has 0 spiro atoms. The number of carboxylic acid groups (broad SMARTS) is 1. The van der Waals surface area contributed by atoms with Crippen LogP contribution in [0.25, 0.3) is 11.1 Å². The molecule has 0 aliphatic heterocycles. The van der Waals surface area contributed by atoms with Crippen LogP contribution in [0.2, 0.25) is 0 Å². The predicted octanol–water partition coefficient (Wildman–Crippen LogP) is 3.72. The van der Waals surface area contributed by atoms with Crippen LogP contribution in [0.3, 0.4) is 0 Å². The Labute approximate surface area is 117 Å². The Balaban J connectivity index is 0.000000704. The van der Waals surface area contributed by atoms with Crippen molar-refractivity contribution in [2.24, 2.45) is 0 Å². The van der Waals surface area contributed by atoms with Gasteiger partial charge in [-0.1, -0.05) is 50.2 Å². The van der Waals surface area contributed by atoms with E-state index in [1.165, 1.54) is 0 Å². The molecular weight excluding hydrogens is 252 g/mol. The van der Waals surface area contributed by atoms with E-state index in [1.807, 2.05) is 44.2 Å². The molecule has 102 valence electrons. The molecule has 1 unspecified atom stereocenters. The van der Waals surface area contributed by atoms with Gasteiger partial charge in [-0.2, -0.15) is 0 Å². The van der Waals surface area contributed by atoms with Crippen molar-refractivity contribution in [3.63, 3.8) is 0 Å². The summed E-state index contributed by atoms with van der Waals surface area (Å²) < 4.78 is 0. The highest BCUT2D eigenvalue weighted by Crippen LogP contribution is 2.45. The molecule has 3 rings (SSSR count). The number of carboxylic acids is 1. The van der Waals surface area contributed by atoms with Gasteiger partial charge in [-0.05, 0) is 22.8 Å². The van der Waals surface area contributed by atoms with Gasteiger partial charge in [-0.3, -0.25) is 0 Å². The lowest BCUT2D eigenvalue weighted by molar-refractivity contribution is -0.108. The zero-order chi connectivity index (χ0) is 14.7. The highest BCUT2D eigenvalue weighted by atomic mass is 16.4. The molecule has 0 radical (unpaired) electrons. The van der Waals surface area contributed by atoms with Crippen LogP contribution >= 0.6 is 0 Å². The molecule has 20 heavy (non-hydrogen) atoms. The van der Waals surface area contributed by atoms with Crippen molar-refractivity contribution in [3.8, 4) is 11.1 Å². The number of benzene rings is 2. The summed E-state index contributed by atoms with van der Waals surface area (Å²) in [5.41, 5.74) is 3.45. The molecular formula is C17H16O3. The SMILES string of the molecule is CC.O=CC1c2ccccc2-c2c(C(=O)O)cccc21. The molecule has 2 aromatic carbocycles. The number of hydrogen-bond donors (Lipinski definition) is 1. The van der Waals surface area contributed by atoms with E-state index in [2.05, 4.69) is 0 Å². The Morgan fingerprint density at radius 1 is 1.05 bits per heavy atom. The van der Waals surface area contributed by atoms with E-state index in [0.29, 0.717) is 5.56 Å². The molecule has 0 saturated carbocycles. The Kier molecular flexibility index (Phi) is 3.99. The fraction of sp³-hybridized carbons (Fsp3) is 0.176. The summed E-state index contributed by atoms with van der Waals surface area (Å²) in [4.78, 5) is 22.5. The van der Waals surface area contributed by atoms with Crippen LogP contribution in [0.15, 0.2) is 42.5 Å². The van der Waals surface area contributed by atoms with Crippen molar-refractivity contribution in [2.45, 2.75) is 19.8 Å². The number of hydrogen-bond acceptors (Lipinski definition) is 2. The summed E-state index contributed by atoms with van der Waals surface area (Å²) in [5, 5.41) is 9.25. The van der Waals surface area contributed by atoms with E-state index < -0.39 is 5.97 Å². The van der Waals surface area contributed by atoms with E-state index in [4.69, 9.17) is 0 Å². The first kappa shape index (κ1) is 14.0. The van der Waals surface area contributed by atoms with Crippen molar-refractivity contribution in [3.05, 3.63) is 59.2 Å². The van der Waals surface area contributed by atoms with Crippen LogP contribution in [0.1, 0.15) is 41.3 Å². The summed E-state index contributed by atoms with van der Waals surface area (Å²) in [7, 11) is 0. The fourth-order valence-electron chi connectivity index (χ4n) is 2.62. The maximum absolute atomic E-state index is 11.3. The zero-order valence-electron chi connectivity index (χ0n) is 11.5. The lowest BCUT2D eigenvalue weighted by Gasteiger charge is -2.06. The monoisotopic (exact) mass is 268 g/mol. The van der Waals surface area contributed by atoms with Crippen molar-refractivity contribution < 1.29 is 14.7 Å². The van der Waals surface area contributed by atoms with Gasteiger partial charge in [0.25, 0.3) is 0 Å². The number of carbonyl (C=O) groups is 2. The minimum Gasteiger partial charge on any atom is -0.478 e. The van der Waals surface area contributed by atoms with E-state index in [9.17, 15) is 14.7 Å². The third kappa shape index (κ3) is 2.01. The van der Waals surface area contributed by atoms with Crippen molar-refractivity contribution in [2.75, 3.05) is 0 Å². The topological polar surface area (TPSA) is 54.4 Å². The molecule has 0 fully saturated rings. The van der Waals surface area contributed by atoms with Crippen LogP contribution in [-0.2, 0) is 4.79 Å². The molecule has 0 saturated heterocycles. The molecule has 1 aliphatic rings. The first-order valence-corrected chi connectivity index (χ1v) is 6.65. The van der Waals surface area contributed by atoms with Gasteiger partial charge in [0.15, 0.2) is 0 Å². The smallest absolute Gasteiger partial charge is 0.336 e. The minimum absolute atomic E-state index is 0.254. The van der Waals surface area contributed by atoms with Crippen LogP contribution in [0, 0.1) is 0 Å². The molecule has 1 aliphatic carbocycles. The molecule has 1 N–H and O–H groups in total. The largest absolute Gasteiger partial charge is 0.478 e. The van der Waals surface area contributed by atoms with Crippen LogP contribution in [0.5, 0.6) is 0 Å². The molecule has 0 amide bonds. The number of fused-ring (bicyclic) bond motifs is 3. The van der Waals surface area contributed by atoms with Gasteiger partial charge in [0.05, 0.1) is 11.5 Å². The minimum atomic E-state index is -0.965. The van der Waals surface area contributed by atoms with Gasteiger partial charge >= 0.3 is 5.97 Å². The van der Waals surface area contributed by atoms with Crippen LogP contribution in [-0.4, -0.2) is 17.4 Å². The third-order valence-electron chi connectivity index (χ3n) is 3.36. The van der Waals surface area contributed by atoms with Crippen LogP contribution < -0.4 is 0 Å². The standard InChI is InChI=1S/C15H10O3.C2H6/c16-8-13-9-4-1-2-5-10(9)14-11(13)6-3-7-12(14)15(17)18;1-2/h1-8,13H,(H,17,18);1-2H3. The molecule has 3 nitrogen and oxygen atoms in total. The maximum Gasteiger partial charge on any atom is 0.336 e. The number of rotatable bonds is 2. The van der Waals surface area contributed by atoms with Crippen LogP contribution in [0.4, 0.5) is 0 Å². The normalized spacial score (nSPS) is 14.6. The summed E-state index contributed by atoms with van der Waals surface area (Å²) in [6.45, 7) is 4.00. The van der Waals surface area contributed by atoms with Crippen molar-refractivity contribution in [1.82, 2.24) is 0 Å². The zero-order valence-corrected chi connectivity index (χ0v) is 11.5. The first-order chi connectivity index (χ1) is 9.74. The summed E-state index contributed by atoms with van der Waals surface area (Å²) >= 11 is 0. The third-order valence-corrected chi connectivity index (χ3v) is 3.36. The number of carbonyl (C=O) groups excluding carboxylic acids is 1. The van der Waals surface area contributed by atoms with E-state index in [-0.39, 0.29) is 11.5 Å². The second kappa shape index (κ2) is 5.70. The Morgan fingerprint density at radius 3 is 2.35 bits per heavy atom. The fourth-order valence-corrected chi connectivity index (χ4v) is 2.62. The Morgan fingerprint density at radius 2 is 1.70 bits per heavy atom. The van der Waals surface area contributed by atoms with E-state index in [1.54, 1.807) is 12.1 Å². The summed E-state index contributed by atoms with van der Waals surface area (Å²) in [6.07, 6.45) is 0.871. The van der Waals surface area contributed by atoms with E-state index >= 15 is 0 Å². The van der Waals surface area contributed by atoms with Gasteiger partial charge in [-0.25, -0.2) is 4.79 Å². The van der Waals surface area contributed by atoms with E-state index in [0.717, 1.165) is 23.0 Å². The summed E-state index contributed by atoms with van der Waals surface area (Å²) in [6, 6.07) is 12.5. The van der Waals surface area contributed by atoms with Gasteiger partial charge < -0.3 is 9.90 Å². The highest BCUT2D eigenvalue weighted by Gasteiger charge is 2.31. The lowest BCUT2D eigenvalue weighted by Crippen LogP contribution is -2.01. The Bertz CT molecular complexity index is 659. The second-order valence-corrected chi connectivity index (χ2v) is 4.28. The van der Waals surface area contributed by atoms with Gasteiger partial charge in [-0.15, -0.1) is 0 Å². The number of aldehydes is 1.